The predicted octanol–water partition coefficient (Wildman–Crippen LogP) is 0.00842. The van der Waals surface area contributed by atoms with E-state index < -0.39 is 7.12 Å². The molecule has 3 N–H and O–H groups in total. The van der Waals surface area contributed by atoms with Gasteiger partial charge in [-0.25, -0.2) is 4.98 Å². The molecule has 0 unspecified atom stereocenters. The fourth-order valence-electron chi connectivity index (χ4n) is 1.95. The molecular formula is C15H17BN2O4. The zero-order valence-electron chi connectivity index (χ0n) is 12.4. The molecule has 6 nitrogen and oxygen atoms in total. The number of carbonyl (C=O) groups excluding carboxylic acids is 1. The lowest BCUT2D eigenvalue weighted by Crippen LogP contribution is -2.30. The third-order valence-corrected chi connectivity index (χ3v) is 3.16. The van der Waals surface area contributed by atoms with Crippen molar-refractivity contribution in [2.75, 3.05) is 7.11 Å². The van der Waals surface area contributed by atoms with Crippen molar-refractivity contribution in [2.45, 2.75) is 13.5 Å². The maximum atomic E-state index is 12.2. The number of hydrogen-bond acceptors (Lipinski definition) is 5. The van der Waals surface area contributed by atoms with Gasteiger partial charge in [0.1, 0.15) is 5.75 Å². The van der Waals surface area contributed by atoms with E-state index in [1.165, 1.54) is 7.11 Å². The Morgan fingerprint density at radius 2 is 1.91 bits per heavy atom. The molecular weight excluding hydrogens is 283 g/mol. The monoisotopic (exact) mass is 300 g/mol. The maximum Gasteiger partial charge on any atom is 0.488 e. The molecule has 2 aromatic rings. The van der Waals surface area contributed by atoms with E-state index in [0.717, 1.165) is 11.3 Å². The van der Waals surface area contributed by atoms with Crippen LogP contribution < -0.4 is 15.5 Å². The van der Waals surface area contributed by atoms with Crippen molar-refractivity contribution in [1.82, 2.24) is 10.3 Å². The Kier molecular flexibility index (Phi) is 5.14. The fourth-order valence-corrected chi connectivity index (χ4v) is 1.95. The van der Waals surface area contributed by atoms with Gasteiger partial charge >= 0.3 is 7.12 Å². The molecule has 0 aliphatic carbocycles. The van der Waals surface area contributed by atoms with Crippen LogP contribution in [0.15, 0.2) is 36.4 Å². The summed E-state index contributed by atoms with van der Waals surface area (Å²) in [6, 6.07) is 10.1. The van der Waals surface area contributed by atoms with E-state index in [4.69, 9.17) is 14.8 Å². The minimum atomic E-state index is -1.50. The Hall–Kier alpha value is -2.38. The molecule has 0 saturated heterocycles. The molecule has 0 spiro atoms. The first-order valence-corrected chi connectivity index (χ1v) is 6.76. The number of nitrogens with one attached hydrogen (secondary N) is 1. The van der Waals surface area contributed by atoms with E-state index >= 15 is 0 Å². The zero-order chi connectivity index (χ0) is 16.1. The number of ether oxygens (including phenoxy) is 1. The number of benzene rings is 1. The molecule has 22 heavy (non-hydrogen) atoms. The van der Waals surface area contributed by atoms with E-state index in [0.29, 0.717) is 17.8 Å². The molecule has 2 rings (SSSR count). The molecule has 1 aromatic heterocycles. The van der Waals surface area contributed by atoms with Gasteiger partial charge in [0, 0.05) is 12.2 Å². The van der Waals surface area contributed by atoms with Gasteiger partial charge in [0.15, 0.2) is 5.69 Å². The number of rotatable bonds is 5. The van der Waals surface area contributed by atoms with Gasteiger partial charge in [-0.1, -0.05) is 24.3 Å². The van der Waals surface area contributed by atoms with Gasteiger partial charge in [-0.15, -0.1) is 0 Å². The van der Waals surface area contributed by atoms with Gasteiger partial charge in [0.25, 0.3) is 5.91 Å². The van der Waals surface area contributed by atoms with Crippen LogP contribution in [0.2, 0.25) is 0 Å². The van der Waals surface area contributed by atoms with E-state index in [1.54, 1.807) is 43.3 Å². The number of carbonyl (C=O) groups is 1. The highest BCUT2D eigenvalue weighted by molar-refractivity contribution is 6.58. The molecule has 1 heterocycles. The molecule has 0 aliphatic rings. The molecule has 1 amide bonds. The summed E-state index contributed by atoms with van der Waals surface area (Å²) in [7, 11) is -0.00778. The molecule has 114 valence electrons. The normalized spacial score (nSPS) is 10.2. The lowest BCUT2D eigenvalue weighted by Gasteiger charge is -2.09. The predicted molar refractivity (Wildman–Crippen MR) is 83.0 cm³/mol. The highest BCUT2D eigenvalue weighted by atomic mass is 16.5. The second-order valence-electron chi connectivity index (χ2n) is 4.80. The Balaban J connectivity index is 2.05. The quantitative estimate of drug-likeness (QED) is 0.677. The van der Waals surface area contributed by atoms with Crippen LogP contribution in [-0.4, -0.2) is 35.2 Å². The highest BCUT2D eigenvalue weighted by Crippen LogP contribution is 2.16. The van der Waals surface area contributed by atoms with E-state index in [-0.39, 0.29) is 11.6 Å². The van der Waals surface area contributed by atoms with Crippen LogP contribution in [0.1, 0.15) is 21.7 Å². The van der Waals surface area contributed by atoms with Crippen LogP contribution in [0.3, 0.4) is 0 Å². The lowest BCUT2D eigenvalue weighted by molar-refractivity contribution is 0.0942. The second-order valence-corrected chi connectivity index (χ2v) is 4.80. The van der Waals surface area contributed by atoms with Gasteiger partial charge in [0.2, 0.25) is 0 Å². The van der Waals surface area contributed by atoms with Crippen molar-refractivity contribution >= 4 is 18.5 Å². The maximum absolute atomic E-state index is 12.2. The largest absolute Gasteiger partial charge is 0.494 e. The van der Waals surface area contributed by atoms with Gasteiger partial charge in [-0.3, -0.25) is 4.79 Å². The molecule has 0 bridgehead atoms. The van der Waals surface area contributed by atoms with E-state index in [9.17, 15) is 4.79 Å². The first kappa shape index (κ1) is 16.0. The summed E-state index contributed by atoms with van der Waals surface area (Å²) < 4.78 is 5.14. The number of aromatic nitrogens is 1. The molecule has 0 saturated carbocycles. The van der Waals surface area contributed by atoms with Crippen molar-refractivity contribution in [1.29, 1.82) is 0 Å². The van der Waals surface area contributed by atoms with Crippen LogP contribution in [-0.2, 0) is 6.54 Å². The smallest absolute Gasteiger partial charge is 0.488 e. The molecule has 7 heteroatoms. The second kappa shape index (κ2) is 7.06. The molecule has 0 atom stereocenters. The Labute approximate surface area is 128 Å². The van der Waals surface area contributed by atoms with Crippen molar-refractivity contribution in [2.24, 2.45) is 0 Å². The minimum absolute atomic E-state index is 0.241. The number of aryl methyl sites for hydroxylation is 1. The van der Waals surface area contributed by atoms with Gasteiger partial charge in [0.05, 0.1) is 7.11 Å². The highest BCUT2D eigenvalue weighted by Gasteiger charge is 2.14. The Morgan fingerprint density at radius 3 is 2.50 bits per heavy atom. The van der Waals surface area contributed by atoms with Gasteiger partial charge in [-0.2, -0.15) is 0 Å². The number of pyridine rings is 1. The third-order valence-electron chi connectivity index (χ3n) is 3.16. The van der Waals surface area contributed by atoms with Crippen LogP contribution in [0.5, 0.6) is 5.75 Å². The van der Waals surface area contributed by atoms with Crippen molar-refractivity contribution in [3.63, 3.8) is 0 Å². The number of hydrogen-bond donors (Lipinski definition) is 3. The van der Waals surface area contributed by atoms with Crippen LogP contribution >= 0.6 is 0 Å². The average molecular weight is 300 g/mol. The van der Waals surface area contributed by atoms with Crippen LogP contribution in [0.4, 0.5) is 0 Å². The molecule has 1 aromatic carbocycles. The number of amides is 1. The third kappa shape index (κ3) is 3.84. The van der Waals surface area contributed by atoms with Crippen molar-refractivity contribution in [3.05, 3.63) is 53.3 Å². The summed E-state index contributed by atoms with van der Waals surface area (Å²) in [5.74, 6) is 0.0914. The molecule has 0 fully saturated rings. The van der Waals surface area contributed by atoms with Gasteiger partial charge in [-0.05, 0) is 30.1 Å². The first-order valence-electron chi connectivity index (χ1n) is 6.76. The molecule has 0 aliphatic heterocycles. The topological polar surface area (TPSA) is 91.7 Å². The summed E-state index contributed by atoms with van der Waals surface area (Å²) in [6.07, 6.45) is 0. The summed E-state index contributed by atoms with van der Waals surface area (Å²) in [4.78, 5) is 16.4. The standard InChI is InChI=1S/C15H17BN2O4/c1-10-3-8-13(22-2)14(18-10)15(19)17-9-11-4-6-12(7-5-11)16(20)21/h3-8,20-21H,9H2,1-2H3,(H,17,19). The molecule has 0 radical (unpaired) electrons. The summed E-state index contributed by atoms with van der Waals surface area (Å²) in [6.45, 7) is 2.11. The first-order chi connectivity index (χ1) is 10.5. The SMILES string of the molecule is COc1ccc(C)nc1C(=O)NCc1ccc(B(O)O)cc1. The Morgan fingerprint density at radius 1 is 1.23 bits per heavy atom. The Bertz CT molecular complexity index is 659. The van der Waals surface area contributed by atoms with Gasteiger partial charge < -0.3 is 20.1 Å². The van der Waals surface area contributed by atoms with E-state index in [2.05, 4.69) is 10.3 Å². The van der Waals surface area contributed by atoms with Crippen molar-refractivity contribution < 1.29 is 19.6 Å². The lowest BCUT2D eigenvalue weighted by atomic mass is 9.80. The minimum Gasteiger partial charge on any atom is -0.494 e. The van der Waals surface area contributed by atoms with E-state index in [1.807, 2.05) is 0 Å². The summed E-state index contributed by atoms with van der Waals surface area (Å²) in [5.41, 5.74) is 2.21. The summed E-state index contributed by atoms with van der Waals surface area (Å²) in [5, 5.41) is 20.8. The fraction of sp³-hybridized carbons (Fsp3) is 0.200. The zero-order valence-corrected chi connectivity index (χ0v) is 12.4. The van der Waals surface area contributed by atoms with Crippen LogP contribution in [0, 0.1) is 6.92 Å². The average Bonchev–Trinajstić information content (AvgIpc) is 2.53. The summed E-state index contributed by atoms with van der Waals surface area (Å²) >= 11 is 0. The van der Waals surface area contributed by atoms with Crippen molar-refractivity contribution in [3.8, 4) is 5.75 Å². The number of methoxy groups -OCH3 is 1. The van der Waals surface area contributed by atoms with Crippen LogP contribution in [0.25, 0.3) is 0 Å². The number of nitrogens with zero attached hydrogens (tertiary/aromatic N) is 1.